The summed E-state index contributed by atoms with van der Waals surface area (Å²) >= 11 is 1.71. The van der Waals surface area contributed by atoms with Gasteiger partial charge in [-0.25, -0.2) is 0 Å². The first kappa shape index (κ1) is 18.9. The number of ketones is 1. The first-order valence-electron chi connectivity index (χ1n) is 8.67. The second-order valence-corrected chi connectivity index (χ2v) is 7.40. The summed E-state index contributed by atoms with van der Waals surface area (Å²) in [5.74, 6) is 0.410. The molecule has 3 rings (SSSR count). The van der Waals surface area contributed by atoms with Crippen molar-refractivity contribution in [1.29, 1.82) is 0 Å². The number of nitrogens with zero attached hydrogens (tertiary/aromatic N) is 1. The third-order valence-electron chi connectivity index (χ3n) is 4.31. The highest BCUT2D eigenvalue weighted by atomic mass is 32.1. The van der Waals surface area contributed by atoms with Crippen LogP contribution in [-0.2, 0) is 11.3 Å². The van der Waals surface area contributed by atoms with E-state index >= 15 is 0 Å². The topological polar surface area (TPSA) is 60.3 Å². The number of carbonyl (C=O) groups is 2. The highest BCUT2D eigenvalue weighted by Crippen LogP contribution is 2.21. The quantitative estimate of drug-likeness (QED) is 0.615. The van der Waals surface area contributed by atoms with Crippen molar-refractivity contribution in [2.24, 2.45) is 0 Å². The zero-order valence-corrected chi connectivity index (χ0v) is 16.4. The van der Waals surface area contributed by atoms with Crippen LogP contribution in [0.1, 0.15) is 33.5 Å². The van der Waals surface area contributed by atoms with Crippen LogP contribution in [0.15, 0.2) is 47.8 Å². The number of carbonyl (C=O) groups excluding carboxylic acids is 2. The number of amides is 1. The van der Waals surface area contributed by atoms with Gasteiger partial charge in [0.05, 0.1) is 6.54 Å². The van der Waals surface area contributed by atoms with Gasteiger partial charge in [-0.2, -0.15) is 0 Å². The maximum atomic E-state index is 12.6. The van der Waals surface area contributed by atoms with Gasteiger partial charge in [0, 0.05) is 34.4 Å². The summed E-state index contributed by atoms with van der Waals surface area (Å²) in [6.45, 7) is 6.18. The molecule has 0 bridgehead atoms. The smallest absolute Gasteiger partial charge is 0.221 e. The largest absolute Gasteiger partial charge is 0.485 e. The summed E-state index contributed by atoms with van der Waals surface area (Å²) in [5.41, 5.74) is 3.40. The second-order valence-electron chi connectivity index (χ2n) is 6.37. The summed E-state index contributed by atoms with van der Waals surface area (Å²) in [6, 6.07) is 13.0. The number of benzene rings is 1. The van der Waals surface area contributed by atoms with Crippen LogP contribution in [-0.4, -0.2) is 22.9 Å². The van der Waals surface area contributed by atoms with Gasteiger partial charge in [0.1, 0.15) is 5.75 Å². The first-order chi connectivity index (χ1) is 12.9. The Morgan fingerprint density at radius 3 is 2.52 bits per heavy atom. The van der Waals surface area contributed by atoms with E-state index in [9.17, 15) is 9.59 Å². The van der Waals surface area contributed by atoms with Gasteiger partial charge in [-0.1, -0.05) is 6.07 Å². The number of nitrogens with one attached hydrogen (secondary N) is 1. The van der Waals surface area contributed by atoms with Crippen LogP contribution in [0.2, 0.25) is 0 Å². The fourth-order valence-corrected chi connectivity index (χ4v) is 3.64. The summed E-state index contributed by atoms with van der Waals surface area (Å²) in [5, 5.41) is 4.75. The highest BCUT2D eigenvalue weighted by molar-refractivity contribution is 7.09. The molecule has 0 unspecified atom stereocenters. The van der Waals surface area contributed by atoms with E-state index in [-0.39, 0.29) is 18.3 Å². The molecule has 0 aliphatic heterocycles. The lowest BCUT2D eigenvalue weighted by Gasteiger charge is -2.09. The number of aromatic nitrogens is 1. The van der Waals surface area contributed by atoms with Gasteiger partial charge in [-0.15, -0.1) is 11.3 Å². The summed E-state index contributed by atoms with van der Waals surface area (Å²) in [4.78, 5) is 24.9. The molecule has 0 radical (unpaired) electrons. The van der Waals surface area contributed by atoms with Crippen molar-refractivity contribution in [3.63, 3.8) is 0 Å². The number of rotatable bonds is 7. The zero-order chi connectivity index (χ0) is 19.4. The minimum atomic E-state index is -0.128. The molecule has 140 valence electrons. The lowest BCUT2D eigenvalue weighted by Crippen LogP contribution is -2.13. The molecule has 1 amide bonds. The molecule has 0 spiro atoms. The molecule has 27 heavy (non-hydrogen) atoms. The average molecular weight is 382 g/mol. The standard InChI is InChI=1S/C21H22N2O3S/c1-14-11-20(15(2)23(14)12-19-5-4-10-27-19)21(25)13-26-18-8-6-17(7-9-18)22-16(3)24/h4-11H,12-13H2,1-3H3,(H,22,24). The van der Waals surface area contributed by atoms with Crippen LogP contribution in [0.4, 0.5) is 5.69 Å². The predicted molar refractivity (Wildman–Crippen MR) is 108 cm³/mol. The Morgan fingerprint density at radius 2 is 1.89 bits per heavy atom. The molecule has 6 heteroatoms. The summed E-state index contributed by atoms with van der Waals surface area (Å²) in [7, 11) is 0. The zero-order valence-electron chi connectivity index (χ0n) is 15.6. The monoisotopic (exact) mass is 382 g/mol. The Morgan fingerprint density at radius 1 is 1.15 bits per heavy atom. The molecule has 2 aromatic heterocycles. The maximum absolute atomic E-state index is 12.6. The summed E-state index contributed by atoms with van der Waals surface area (Å²) < 4.78 is 7.78. The highest BCUT2D eigenvalue weighted by Gasteiger charge is 2.16. The van der Waals surface area contributed by atoms with Crippen molar-refractivity contribution in [1.82, 2.24) is 4.57 Å². The average Bonchev–Trinajstić information content (AvgIpc) is 3.24. The lowest BCUT2D eigenvalue weighted by molar-refractivity contribution is -0.114. The van der Waals surface area contributed by atoms with Crippen LogP contribution in [0, 0.1) is 13.8 Å². The van der Waals surface area contributed by atoms with E-state index in [1.807, 2.05) is 26.0 Å². The molecule has 1 N–H and O–H groups in total. The van der Waals surface area contributed by atoms with Crippen molar-refractivity contribution in [3.8, 4) is 5.75 Å². The van der Waals surface area contributed by atoms with Gasteiger partial charge >= 0.3 is 0 Å². The number of hydrogen-bond donors (Lipinski definition) is 1. The van der Waals surface area contributed by atoms with Crippen LogP contribution in [0.5, 0.6) is 5.75 Å². The minimum Gasteiger partial charge on any atom is -0.485 e. The van der Waals surface area contributed by atoms with Crippen LogP contribution in [0.3, 0.4) is 0 Å². The van der Waals surface area contributed by atoms with Gasteiger partial charge < -0.3 is 14.6 Å². The number of hydrogen-bond acceptors (Lipinski definition) is 4. The molecule has 2 heterocycles. The number of Topliss-reactive ketones (excluding diaryl/α,β-unsaturated/α-hetero) is 1. The molecule has 0 saturated heterocycles. The Balaban J connectivity index is 1.65. The van der Waals surface area contributed by atoms with Crippen LogP contribution >= 0.6 is 11.3 Å². The van der Waals surface area contributed by atoms with Crippen molar-refractivity contribution >= 4 is 28.7 Å². The molecule has 0 aliphatic rings. The summed E-state index contributed by atoms with van der Waals surface area (Å²) in [6.07, 6.45) is 0. The van der Waals surface area contributed by atoms with Crippen LogP contribution in [0.25, 0.3) is 0 Å². The third-order valence-corrected chi connectivity index (χ3v) is 5.17. The van der Waals surface area contributed by atoms with E-state index in [4.69, 9.17) is 4.74 Å². The molecule has 0 fully saturated rings. The number of aryl methyl sites for hydroxylation is 1. The minimum absolute atomic E-state index is 0.0250. The van der Waals surface area contributed by atoms with Gasteiger partial charge in [-0.05, 0) is 55.6 Å². The van der Waals surface area contributed by atoms with Gasteiger partial charge in [0.25, 0.3) is 0 Å². The second kappa shape index (κ2) is 8.22. The van der Waals surface area contributed by atoms with Crippen molar-refractivity contribution in [2.45, 2.75) is 27.3 Å². The molecular weight excluding hydrogens is 360 g/mol. The van der Waals surface area contributed by atoms with E-state index < -0.39 is 0 Å². The molecule has 1 aromatic carbocycles. The Bertz CT molecular complexity index is 941. The third kappa shape index (κ3) is 4.65. The number of ether oxygens (including phenoxy) is 1. The maximum Gasteiger partial charge on any atom is 0.221 e. The Labute approximate surface area is 162 Å². The Kier molecular flexibility index (Phi) is 5.76. The van der Waals surface area contributed by atoms with Crippen molar-refractivity contribution in [2.75, 3.05) is 11.9 Å². The van der Waals surface area contributed by atoms with E-state index in [0.29, 0.717) is 17.0 Å². The lowest BCUT2D eigenvalue weighted by atomic mass is 10.1. The van der Waals surface area contributed by atoms with E-state index in [0.717, 1.165) is 17.9 Å². The Hall–Kier alpha value is -2.86. The van der Waals surface area contributed by atoms with Gasteiger partial charge in [0.2, 0.25) is 11.7 Å². The molecule has 0 saturated carbocycles. The first-order valence-corrected chi connectivity index (χ1v) is 9.55. The number of thiophene rings is 1. The fourth-order valence-electron chi connectivity index (χ4n) is 2.95. The fraction of sp³-hybridized carbons (Fsp3) is 0.238. The van der Waals surface area contributed by atoms with Crippen molar-refractivity contribution < 1.29 is 14.3 Å². The van der Waals surface area contributed by atoms with E-state index in [2.05, 4.69) is 21.3 Å². The number of anilines is 1. The molecule has 3 aromatic rings. The van der Waals surface area contributed by atoms with E-state index in [1.54, 1.807) is 35.6 Å². The normalized spacial score (nSPS) is 10.6. The molecule has 0 aliphatic carbocycles. The van der Waals surface area contributed by atoms with Gasteiger partial charge in [-0.3, -0.25) is 9.59 Å². The van der Waals surface area contributed by atoms with Gasteiger partial charge in [0.15, 0.2) is 6.61 Å². The van der Waals surface area contributed by atoms with Crippen molar-refractivity contribution in [3.05, 3.63) is 69.7 Å². The SMILES string of the molecule is CC(=O)Nc1ccc(OCC(=O)c2cc(C)n(Cc3cccs3)c2C)cc1. The molecule has 0 atom stereocenters. The predicted octanol–water partition coefficient (Wildman–Crippen LogP) is 4.43. The molecule has 5 nitrogen and oxygen atoms in total. The van der Waals surface area contributed by atoms with Crippen LogP contribution < -0.4 is 10.1 Å². The molecular formula is C21H22N2O3S. The van der Waals surface area contributed by atoms with E-state index in [1.165, 1.54) is 11.8 Å².